The van der Waals surface area contributed by atoms with E-state index in [4.69, 9.17) is 9.47 Å². The predicted molar refractivity (Wildman–Crippen MR) is 173 cm³/mol. The van der Waals surface area contributed by atoms with Crippen LogP contribution in [0.15, 0.2) is 54.6 Å². The van der Waals surface area contributed by atoms with E-state index in [0.717, 1.165) is 31.0 Å². The summed E-state index contributed by atoms with van der Waals surface area (Å²) in [6, 6.07) is 11.6. The molecular formula is C34H41F4N3O6S. The van der Waals surface area contributed by atoms with Gasteiger partial charge in [0.05, 0.1) is 36.7 Å². The second kappa shape index (κ2) is 14.2. The molecule has 9 nitrogen and oxygen atoms in total. The van der Waals surface area contributed by atoms with E-state index in [2.05, 4.69) is 15.0 Å². The molecule has 0 spiro atoms. The molecule has 1 aromatic heterocycles. The lowest BCUT2D eigenvalue weighted by Gasteiger charge is -2.37. The largest absolute Gasteiger partial charge is 0.598 e. The number of hydrogen-bond acceptors (Lipinski definition) is 8. The standard InChI is InChI=1S/C34H41F4N3O6S/c1-20(42)18-47-27-14-9-22(15-28(27)46-6)30(43)39-19-33(44,34(36,37)38)29-17-24(16-26(40-29)21-7-12-25(35)13-8-21)32(5,23-10-11-23)41-48(45)31(2,3)4/h7-9,12-17,20,23,41-42,44H,10-11,18-19H2,1-6H3,(H,39,43)/t20-,32?,33?,48?/m1/s1. The lowest BCUT2D eigenvalue weighted by atomic mass is 9.85. The maximum Gasteiger partial charge on any atom is 0.424 e. The fourth-order valence-corrected chi connectivity index (χ4v) is 5.96. The Bertz CT molecular complexity index is 1600. The molecule has 2 aromatic carbocycles. The number of nitrogens with one attached hydrogen (secondary N) is 2. The van der Waals surface area contributed by atoms with E-state index in [1.165, 1.54) is 44.4 Å². The summed E-state index contributed by atoms with van der Waals surface area (Å²) in [4.78, 5) is 17.3. The van der Waals surface area contributed by atoms with Crippen molar-refractivity contribution < 1.29 is 46.6 Å². The van der Waals surface area contributed by atoms with Crippen LogP contribution in [0.4, 0.5) is 17.6 Å². The highest BCUT2D eigenvalue weighted by Gasteiger charge is 2.57. The molecule has 262 valence electrons. The maximum atomic E-state index is 14.9. The lowest BCUT2D eigenvalue weighted by molar-refractivity contribution is -0.265. The molecule has 0 radical (unpaired) electrons. The van der Waals surface area contributed by atoms with Crippen LogP contribution in [0.25, 0.3) is 11.3 Å². The first-order valence-corrected chi connectivity index (χ1v) is 16.5. The highest BCUT2D eigenvalue weighted by atomic mass is 32.2. The number of aliphatic hydroxyl groups is 2. The number of halogens is 4. The number of aromatic nitrogens is 1. The Morgan fingerprint density at radius 2 is 1.71 bits per heavy atom. The predicted octanol–water partition coefficient (Wildman–Crippen LogP) is 5.51. The molecule has 1 amide bonds. The first-order chi connectivity index (χ1) is 22.3. The van der Waals surface area contributed by atoms with Gasteiger partial charge in [-0.1, -0.05) is 0 Å². The van der Waals surface area contributed by atoms with Gasteiger partial charge in [-0.3, -0.25) is 4.79 Å². The van der Waals surface area contributed by atoms with Gasteiger partial charge in [0, 0.05) is 22.5 Å². The number of carbonyl (C=O) groups is 1. The third-order valence-electron chi connectivity index (χ3n) is 8.12. The topological polar surface area (TPSA) is 136 Å². The Morgan fingerprint density at radius 3 is 2.25 bits per heavy atom. The van der Waals surface area contributed by atoms with Gasteiger partial charge < -0.3 is 29.6 Å². The monoisotopic (exact) mass is 695 g/mol. The Hall–Kier alpha value is -3.43. The molecule has 1 aliphatic rings. The van der Waals surface area contributed by atoms with E-state index in [9.17, 15) is 37.1 Å². The third-order valence-corrected chi connectivity index (χ3v) is 9.84. The summed E-state index contributed by atoms with van der Waals surface area (Å²) in [7, 11) is 1.31. The van der Waals surface area contributed by atoms with Gasteiger partial charge in [-0.05, 0) is 114 Å². The summed E-state index contributed by atoms with van der Waals surface area (Å²) in [5, 5.41) is 23.1. The Kier molecular flexibility index (Phi) is 11.1. The van der Waals surface area contributed by atoms with Gasteiger partial charge in [0.15, 0.2) is 11.5 Å². The molecule has 0 saturated heterocycles. The Balaban J connectivity index is 1.77. The molecule has 4 rings (SSSR count). The molecule has 4 N–H and O–H groups in total. The number of ether oxygens (including phenoxy) is 2. The van der Waals surface area contributed by atoms with Crippen molar-refractivity contribution >= 4 is 17.3 Å². The zero-order valence-electron chi connectivity index (χ0n) is 27.6. The Morgan fingerprint density at radius 1 is 1.06 bits per heavy atom. The van der Waals surface area contributed by atoms with Crippen LogP contribution in [0.5, 0.6) is 11.5 Å². The maximum absolute atomic E-state index is 14.9. The number of nitrogens with zero attached hydrogens (tertiary/aromatic N) is 1. The van der Waals surface area contributed by atoms with Crippen molar-refractivity contribution in [2.75, 3.05) is 20.3 Å². The minimum Gasteiger partial charge on any atom is -0.598 e. The molecule has 1 heterocycles. The summed E-state index contributed by atoms with van der Waals surface area (Å²) < 4.78 is 84.9. The van der Waals surface area contributed by atoms with Crippen LogP contribution in [0, 0.1) is 11.7 Å². The van der Waals surface area contributed by atoms with Crippen molar-refractivity contribution in [2.24, 2.45) is 5.92 Å². The molecule has 1 fully saturated rings. The van der Waals surface area contributed by atoms with Crippen LogP contribution in [0.3, 0.4) is 0 Å². The van der Waals surface area contributed by atoms with Crippen LogP contribution in [0.2, 0.25) is 0 Å². The van der Waals surface area contributed by atoms with Crippen LogP contribution in [-0.4, -0.2) is 62.9 Å². The lowest BCUT2D eigenvalue weighted by Crippen LogP contribution is -2.53. The molecule has 48 heavy (non-hydrogen) atoms. The van der Waals surface area contributed by atoms with E-state index in [0.29, 0.717) is 5.56 Å². The smallest absolute Gasteiger partial charge is 0.424 e. The van der Waals surface area contributed by atoms with Gasteiger partial charge in [0.1, 0.15) is 17.2 Å². The second-order valence-electron chi connectivity index (χ2n) is 13.2. The molecule has 0 aliphatic heterocycles. The Labute approximate surface area is 280 Å². The number of rotatable bonds is 13. The summed E-state index contributed by atoms with van der Waals surface area (Å²) >= 11 is -1.62. The number of benzene rings is 2. The molecule has 14 heteroatoms. The minimum atomic E-state index is -5.32. The van der Waals surface area contributed by atoms with Gasteiger partial charge in [-0.15, -0.1) is 4.72 Å². The molecule has 1 aliphatic carbocycles. The first kappa shape index (κ1) is 37.4. The van der Waals surface area contributed by atoms with Crippen molar-refractivity contribution in [3.05, 3.63) is 77.2 Å². The van der Waals surface area contributed by atoms with Gasteiger partial charge in [0.25, 0.3) is 5.91 Å². The van der Waals surface area contributed by atoms with E-state index >= 15 is 0 Å². The van der Waals surface area contributed by atoms with Crippen molar-refractivity contribution in [2.45, 2.75) is 75.6 Å². The van der Waals surface area contributed by atoms with E-state index < -0.39 is 63.5 Å². The van der Waals surface area contributed by atoms with Crippen molar-refractivity contribution in [1.82, 2.24) is 15.0 Å². The van der Waals surface area contributed by atoms with Gasteiger partial charge in [0.2, 0.25) is 5.60 Å². The quantitative estimate of drug-likeness (QED) is 0.136. The zero-order chi connectivity index (χ0) is 35.7. The molecule has 3 unspecified atom stereocenters. The first-order valence-electron chi connectivity index (χ1n) is 15.3. The number of pyridine rings is 1. The highest BCUT2D eigenvalue weighted by molar-refractivity contribution is 7.90. The van der Waals surface area contributed by atoms with Crippen molar-refractivity contribution in [1.29, 1.82) is 0 Å². The number of methoxy groups -OCH3 is 1. The fourth-order valence-electron chi connectivity index (χ4n) is 4.98. The summed E-state index contributed by atoms with van der Waals surface area (Å²) in [5.41, 5.74) is -5.05. The summed E-state index contributed by atoms with van der Waals surface area (Å²) in [6.45, 7) is 7.19. The van der Waals surface area contributed by atoms with Gasteiger partial charge in [-0.25, -0.2) is 9.37 Å². The second-order valence-corrected chi connectivity index (χ2v) is 15.1. The molecular weight excluding hydrogens is 654 g/mol. The van der Waals surface area contributed by atoms with Crippen LogP contribution >= 0.6 is 0 Å². The minimum absolute atomic E-state index is 0.0178. The molecule has 1 saturated carbocycles. The van der Waals surface area contributed by atoms with E-state index in [-0.39, 0.29) is 40.8 Å². The van der Waals surface area contributed by atoms with Gasteiger partial charge >= 0.3 is 6.18 Å². The average molecular weight is 696 g/mol. The van der Waals surface area contributed by atoms with E-state index in [1.807, 2.05) is 0 Å². The molecule has 0 bridgehead atoms. The van der Waals surface area contributed by atoms with Crippen molar-refractivity contribution in [3.63, 3.8) is 0 Å². The number of carbonyl (C=O) groups excluding carboxylic acids is 1. The van der Waals surface area contributed by atoms with Crippen LogP contribution in [0.1, 0.15) is 69.1 Å². The summed E-state index contributed by atoms with van der Waals surface area (Å²) in [5.74, 6) is -1.28. The zero-order valence-corrected chi connectivity index (χ0v) is 28.4. The average Bonchev–Trinajstić information content (AvgIpc) is 3.88. The van der Waals surface area contributed by atoms with Crippen molar-refractivity contribution in [3.8, 4) is 22.8 Å². The third kappa shape index (κ3) is 8.40. The highest BCUT2D eigenvalue weighted by Crippen LogP contribution is 2.48. The van der Waals surface area contributed by atoms with Crippen LogP contribution < -0.4 is 19.5 Å². The van der Waals surface area contributed by atoms with Crippen LogP contribution in [-0.2, 0) is 22.5 Å². The number of alkyl halides is 3. The van der Waals surface area contributed by atoms with E-state index in [1.54, 1.807) is 33.8 Å². The molecule has 3 aromatic rings. The SMILES string of the molecule is COc1cc(C(=O)NCC(O)(c2cc(C(C)(N[S+]([O-])C(C)(C)C)C3CC3)cc(-c3ccc(F)cc3)n2)C(F)(F)F)ccc1OC[C@@H](C)O. The van der Waals surface area contributed by atoms with Gasteiger partial charge in [-0.2, -0.15) is 13.2 Å². The number of aliphatic hydroxyl groups excluding tert-OH is 1. The normalized spacial score (nSPS) is 17.5. The number of hydrogen-bond donors (Lipinski definition) is 4. The summed E-state index contributed by atoms with van der Waals surface area (Å²) in [6.07, 6.45) is -4.66. The number of amides is 1. The fraction of sp³-hybridized carbons (Fsp3) is 0.471. The molecule has 4 atom stereocenters.